The number of benzene rings is 4. The number of nitrogens with one attached hydrogen (secondary N) is 2. The fraction of sp³-hybridized carbons (Fsp3) is 0.108. The zero-order valence-electron chi connectivity index (χ0n) is 28.5. The number of hydrogen-bond acceptors (Lipinski definition) is 11. The van der Waals surface area contributed by atoms with Gasteiger partial charge in [0, 0.05) is 34.0 Å². The number of rotatable bonds is 10. The third-order valence-corrected chi connectivity index (χ3v) is 10.8. The Bertz CT molecular complexity index is 2680. The molecular formula is C37H27Cl2N7O6S2. The summed E-state index contributed by atoms with van der Waals surface area (Å²) in [4.78, 5) is 49.8. The molecule has 17 heteroatoms. The molecule has 0 fully saturated rings. The van der Waals surface area contributed by atoms with Gasteiger partial charge in [-0.1, -0.05) is 58.8 Å². The standard InChI is InChI=1S/C37H27Cl2N7O6S2/c1-19-31(34(47)41-22-7-5-4-6-8-22)32(25-13-11-23(51-2)18-28(25)52-3)45-35(48)30(54-37(45)40-19)16-20-9-14-29(27(15-20)46(49)50)53-36-42-33(43-44-36)24-12-10-21(38)17-26(24)39/h4-18,32H,1-3H3,(H,41,47)(H,42,43,44)/b30-16+/t32-/m0/s1. The highest BCUT2D eigenvalue weighted by atomic mass is 35.5. The van der Waals surface area contributed by atoms with Crippen LogP contribution in [-0.2, 0) is 4.79 Å². The summed E-state index contributed by atoms with van der Waals surface area (Å²) >= 11 is 14.4. The average molecular weight is 801 g/mol. The Morgan fingerprint density at radius 1 is 1.06 bits per heavy atom. The monoisotopic (exact) mass is 799 g/mol. The minimum Gasteiger partial charge on any atom is -0.497 e. The Morgan fingerprint density at radius 3 is 2.57 bits per heavy atom. The van der Waals surface area contributed by atoms with E-state index in [-0.39, 0.29) is 25.8 Å². The molecule has 6 aromatic rings. The van der Waals surface area contributed by atoms with Gasteiger partial charge in [0.15, 0.2) is 10.6 Å². The van der Waals surface area contributed by atoms with Crippen LogP contribution in [0.1, 0.15) is 24.1 Å². The van der Waals surface area contributed by atoms with Gasteiger partial charge in [-0.25, -0.2) is 9.98 Å². The lowest BCUT2D eigenvalue weighted by Crippen LogP contribution is -2.40. The molecule has 13 nitrogen and oxygen atoms in total. The van der Waals surface area contributed by atoms with E-state index in [1.54, 1.807) is 85.8 Å². The summed E-state index contributed by atoms with van der Waals surface area (Å²) < 4.78 is 12.8. The second-order valence-corrected chi connectivity index (χ2v) is 14.5. The summed E-state index contributed by atoms with van der Waals surface area (Å²) in [6.07, 6.45) is 1.56. The molecule has 0 bridgehead atoms. The molecule has 1 aliphatic heterocycles. The topological polar surface area (TPSA) is 167 Å². The predicted octanol–water partition coefficient (Wildman–Crippen LogP) is 7.04. The first-order valence-corrected chi connectivity index (χ1v) is 18.4. The van der Waals surface area contributed by atoms with Crippen LogP contribution in [0, 0.1) is 10.1 Å². The zero-order valence-corrected chi connectivity index (χ0v) is 31.6. The number of aromatic nitrogens is 4. The number of anilines is 1. The number of thiazole rings is 1. The Kier molecular flexibility index (Phi) is 10.4. The number of aromatic amines is 1. The first-order chi connectivity index (χ1) is 26.0. The van der Waals surface area contributed by atoms with Gasteiger partial charge < -0.3 is 14.8 Å². The van der Waals surface area contributed by atoms with Crippen LogP contribution in [0.25, 0.3) is 17.5 Å². The molecule has 0 saturated heterocycles. The predicted molar refractivity (Wildman–Crippen MR) is 207 cm³/mol. The Hall–Kier alpha value is -5.74. The molecule has 2 N–H and O–H groups in total. The summed E-state index contributed by atoms with van der Waals surface area (Å²) in [5.41, 5.74) is 2.05. The van der Waals surface area contributed by atoms with Gasteiger partial charge in [-0.3, -0.25) is 29.4 Å². The van der Waals surface area contributed by atoms with Crippen molar-refractivity contribution in [2.75, 3.05) is 19.5 Å². The molecule has 0 saturated carbocycles. The summed E-state index contributed by atoms with van der Waals surface area (Å²) in [5, 5.41) is 23.3. The van der Waals surface area contributed by atoms with Crippen LogP contribution < -0.4 is 29.7 Å². The van der Waals surface area contributed by atoms with Crippen molar-refractivity contribution in [3.8, 4) is 22.9 Å². The largest absolute Gasteiger partial charge is 0.497 e. The van der Waals surface area contributed by atoms with Gasteiger partial charge in [-0.2, -0.15) is 0 Å². The molecule has 272 valence electrons. The molecule has 3 heterocycles. The molecule has 4 aromatic carbocycles. The highest BCUT2D eigenvalue weighted by Gasteiger charge is 2.34. The fourth-order valence-electron chi connectivity index (χ4n) is 5.87. The van der Waals surface area contributed by atoms with Crippen molar-refractivity contribution in [2.24, 2.45) is 4.99 Å². The minimum atomic E-state index is -0.935. The number of methoxy groups -OCH3 is 2. The van der Waals surface area contributed by atoms with E-state index in [9.17, 15) is 19.7 Å². The second-order valence-electron chi connectivity index (χ2n) is 11.7. The number of nitro benzene ring substituents is 1. The lowest BCUT2D eigenvalue weighted by molar-refractivity contribution is -0.387. The van der Waals surface area contributed by atoms with Crippen LogP contribution in [0.15, 0.2) is 116 Å². The first-order valence-electron chi connectivity index (χ1n) is 16.0. The number of halogens is 2. The highest BCUT2D eigenvalue weighted by Crippen LogP contribution is 2.38. The van der Waals surface area contributed by atoms with Gasteiger partial charge in [0.2, 0.25) is 5.16 Å². The lowest BCUT2D eigenvalue weighted by atomic mass is 9.94. The van der Waals surface area contributed by atoms with Crippen LogP contribution in [0.5, 0.6) is 11.5 Å². The number of fused-ring (bicyclic) bond motifs is 1. The third-order valence-electron chi connectivity index (χ3n) is 8.36. The molecule has 1 atom stereocenters. The maximum absolute atomic E-state index is 14.3. The van der Waals surface area contributed by atoms with Crippen LogP contribution >= 0.6 is 46.3 Å². The molecular weight excluding hydrogens is 773 g/mol. The summed E-state index contributed by atoms with van der Waals surface area (Å²) in [6, 6.07) is 22.7. The number of para-hydroxylation sites is 1. The van der Waals surface area contributed by atoms with Crippen LogP contribution in [-0.4, -0.2) is 44.8 Å². The van der Waals surface area contributed by atoms with E-state index in [4.69, 9.17) is 32.7 Å². The van der Waals surface area contributed by atoms with Crippen LogP contribution in [0.3, 0.4) is 0 Å². The molecule has 0 radical (unpaired) electrons. The van der Waals surface area contributed by atoms with Crippen LogP contribution in [0.2, 0.25) is 10.0 Å². The number of carbonyl (C=O) groups excluding carboxylic acids is 1. The van der Waals surface area contributed by atoms with E-state index >= 15 is 0 Å². The van der Waals surface area contributed by atoms with E-state index in [0.717, 1.165) is 23.1 Å². The van der Waals surface area contributed by atoms with Crippen molar-refractivity contribution in [1.82, 2.24) is 19.7 Å². The van der Waals surface area contributed by atoms with Gasteiger partial charge in [0.25, 0.3) is 17.2 Å². The number of amides is 1. The molecule has 7 rings (SSSR count). The average Bonchev–Trinajstić information content (AvgIpc) is 3.74. The van der Waals surface area contributed by atoms with Gasteiger partial charge >= 0.3 is 0 Å². The normalized spacial score (nSPS) is 14.0. The molecule has 1 amide bonds. The number of carbonyl (C=O) groups is 1. The smallest absolute Gasteiger partial charge is 0.283 e. The molecule has 2 aromatic heterocycles. The highest BCUT2D eigenvalue weighted by molar-refractivity contribution is 7.99. The quantitative estimate of drug-likeness (QED) is 0.109. The van der Waals surface area contributed by atoms with E-state index < -0.39 is 22.4 Å². The summed E-state index contributed by atoms with van der Waals surface area (Å²) in [7, 11) is 3.02. The van der Waals surface area contributed by atoms with Crippen molar-refractivity contribution in [2.45, 2.75) is 23.0 Å². The van der Waals surface area contributed by atoms with Gasteiger partial charge in [-0.05, 0) is 78.9 Å². The minimum absolute atomic E-state index is 0.214. The number of nitrogens with zero attached hydrogens (tertiary/aromatic N) is 5. The SMILES string of the molecule is COc1ccc([C@H]2C(C(=O)Nc3ccccc3)=C(C)N=c3s/c(=C/c4ccc(Sc5n[nH]c(-c6ccc(Cl)cc6Cl)n5)c([N+](=O)[O-])c4)c(=O)n32)c(OC)c1. The molecule has 54 heavy (non-hydrogen) atoms. The summed E-state index contributed by atoms with van der Waals surface area (Å²) in [6.45, 7) is 1.71. The van der Waals surface area contributed by atoms with Gasteiger partial charge in [0.05, 0.1) is 44.9 Å². The van der Waals surface area contributed by atoms with E-state index in [0.29, 0.717) is 60.2 Å². The number of ether oxygens (including phenoxy) is 2. The number of nitro groups is 1. The van der Waals surface area contributed by atoms with Gasteiger partial charge in [-0.15, -0.1) is 5.10 Å². The van der Waals surface area contributed by atoms with Gasteiger partial charge in [0.1, 0.15) is 17.5 Å². The molecule has 0 aliphatic carbocycles. The number of allylic oxidation sites excluding steroid dienone is 1. The number of hydrogen-bond donors (Lipinski definition) is 2. The maximum atomic E-state index is 14.3. The van der Waals surface area contributed by atoms with E-state index in [2.05, 4.69) is 25.5 Å². The Labute approximate surface area is 324 Å². The van der Waals surface area contributed by atoms with Crippen molar-refractivity contribution in [3.63, 3.8) is 0 Å². The lowest BCUT2D eigenvalue weighted by Gasteiger charge is -2.26. The van der Waals surface area contributed by atoms with E-state index in [1.165, 1.54) is 24.9 Å². The second kappa shape index (κ2) is 15.3. The van der Waals surface area contributed by atoms with E-state index in [1.807, 2.05) is 6.07 Å². The van der Waals surface area contributed by atoms with Crippen molar-refractivity contribution in [3.05, 3.63) is 147 Å². The van der Waals surface area contributed by atoms with Crippen molar-refractivity contribution < 1.29 is 19.2 Å². The third kappa shape index (κ3) is 7.26. The molecule has 0 spiro atoms. The van der Waals surface area contributed by atoms with Crippen molar-refractivity contribution in [1.29, 1.82) is 0 Å². The fourth-order valence-corrected chi connectivity index (χ4v) is 8.21. The molecule has 0 unspecified atom stereocenters. The zero-order chi connectivity index (χ0) is 38.1. The first kappa shape index (κ1) is 36.6. The summed E-state index contributed by atoms with van der Waals surface area (Å²) in [5.74, 6) is 0.845. The maximum Gasteiger partial charge on any atom is 0.283 e. The van der Waals surface area contributed by atoms with Crippen LogP contribution in [0.4, 0.5) is 11.4 Å². The Morgan fingerprint density at radius 2 is 1.85 bits per heavy atom. The molecule has 1 aliphatic rings. The Balaban J connectivity index is 1.28. The number of H-pyrrole nitrogens is 1. The van der Waals surface area contributed by atoms with Crippen molar-refractivity contribution >= 4 is 69.7 Å².